The highest BCUT2D eigenvalue weighted by Gasteiger charge is 2.18. The Kier molecular flexibility index (Phi) is 3.43. The van der Waals surface area contributed by atoms with E-state index in [1.54, 1.807) is 0 Å². The van der Waals surface area contributed by atoms with Crippen LogP contribution in [0.15, 0.2) is 18.2 Å². The van der Waals surface area contributed by atoms with Crippen LogP contribution < -0.4 is 4.74 Å². The Labute approximate surface area is 103 Å². The van der Waals surface area contributed by atoms with Crippen molar-refractivity contribution in [1.82, 2.24) is 0 Å². The van der Waals surface area contributed by atoms with E-state index in [4.69, 9.17) is 4.74 Å². The van der Waals surface area contributed by atoms with Gasteiger partial charge >= 0.3 is 0 Å². The van der Waals surface area contributed by atoms with Crippen LogP contribution in [-0.2, 0) is 22.0 Å². The van der Waals surface area contributed by atoms with Gasteiger partial charge in [0.25, 0.3) is 0 Å². The van der Waals surface area contributed by atoms with Crippen molar-refractivity contribution in [3.8, 4) is 5.75 Å². The van der Waals surface area contributed by atoms with Crippen molar-refractivity contribution in [2.24, 2.45) is 0 Å². The Morgan fingerprint density at radius 3 is 2.82 bits per heavy atom. The normalized spacial score (nSPS) is 19.5. The summed E-state index contributed by atoms with van der Waals surface area (Å²) in [4.78, 5) is 0. The van der Waals surface area contributed by atoms with Crippen molar-refractivity contribution in [1.29, 1.82) is 0 Å². The zero-order chi connectivity index (χ0) is 12.5. The molecule has 1 unspecified atom stereocenters. The third-order valence-electron chi connectivity index (χ3n) is 3.04. The van der Waals surface area contributed by atoms with Gasteiger partial charge in [0.1, 0.15) is 5.75 Å². The van der Waals surface area contributed by atoms with Crippen molar-refractivity contribution < 1.29 is 13.2 Å². The first kappa shape index (κ1) is 12.4. The van der Waals surface area contributed by atoms with Crippen molar-refractivity contribution in [3.05, 3.63) is 29.3 Å². The first-order chi connectivity index (χ1) is 7.98. The first-order valence-corrected chi connectivity index (χ1v) is 8.00. The molecule has 0 fully saturated rings. The van der Waals surface area contributed by atoms with Crippen LogP contribution in [-0.4, -0.2) is 20.8 Å². The van der Waals surface area contributed by atoms with Gasteiger partial charge in [-0.25, -0.2) is 8.42 Å². The zero-order valence-electron chi connectivity index (χ0n) is 10.3. The molecule has 0 spiro atoms. The average Bonchev–Trinajstić information content (AvgIpc) is 2.26. The van der Waals surface area contributed by atoms with E-state index in [1.807, 2.05) is 18.2 Å². The number of ether oxygens (including phenoxy) is 1. The Hall–Kier alpha value is -1.03. The average molecular weight is 254 g/mol. The molecule has 0 radical (unpaired) electrons. The summed E-state index contributed by atoms with van der Waals surface area (Å²) in [6.45, 7) is 2.12. The summed E-state index contributed by atoms with van der Waals surface area (Å²) in [7, 11) is -2.96. The summed E-state index contributed by atoms with van der Waals surface area (Å²) in [5, 5.41) is 0. The standard InChI is InChI=1S/C13H18O3S/c1-3-12-6-5-11-8-10(9-17(2,14)15)4-7-13(11)16-12/h4,7-8,12H,3,5-6,9H2,1-2H3. The van der Waals surface area contributed by atoms with Gasteiger partial charge in [-0.05, 0) is 36.5 Å². The Morgan fingerprint density at radius 2 is 2.18 bits per heavy atom. The molecule has 1 heterocycles. The molecule has 17 heavy (non-hydrogen) atoms. The molecule has 1 aliphatic rings. The summed E-state index contributed by atoms with van der Waals surface area (Å²) in [5.74, 6) is 1.03. The molecule has 0 saturated carbocycles. The fraction of sp³-hybridized carbons (Fsp3) is 0.538. The molecule has 1 atom stereocenters. The van der Waals surface area contributed by atoms with Gasteiger partial charge in [-0.3, -0.25) is 0 Å². The van der Waals surface area contributed by atoms with Gasteiger partial charge in [0.05, 0.1) is 11.9 Å². The van der Waals surface area contributed by atoms with Crippen LogP contribution in [0.4, 0.5) is 0 Å². The van der Waals surface area contributed by atoms with Crippen molar-refractivity contribution in [2.45, 2.75) is 38.0 Å². The van der Waals surface area contributed by atoms with E-state index in [0.717, 1.165) is 36.1 Å². The molecule has 94 valence electrons. The monoisotopic (exact) mass is 254 g/mol. The van der Waals surface area contributed by atoms with Gasteiger partial charge in [-0.15, -0.1) is 0 Å². The highest BCUT2D eigenvalue weighted by Crippen LogP contribution is 2.29. The van der Waals surface area contributed by atoms with Crippen LogP contribution in [0.5, 0.6) is 5.75 Å². The molecule has 2 rings (SSSR count). The number of rotatable bonds is 3. The minimum atomic E-state index is -2.96. The Bertz CT molecular complexity index is 505. The predicted octanol–water partition coefficient (Wildman–Crippen LogP) is 2.33. The van der Waals surface area contributed by atoms with Crippen molar-refractivity contribution in [3.63, 3.8) is 0 Å². The van der Waals surface area contributed by atoms with Crippen LogP contribution in [0, 0.1) is 0 Å². The fourth-order valence-corrected chi connectivity index (χ4v) is 2.96. The highest BCUT2D eigenvalue weighted by atomic mass is 32.2. The summed E-state index contributed by atoms with van der Waals surface area (Å²) in [6.07, 6.45) is 4.58. The zero-order valence-corrected chi connectivity index (χ0v) is 11.1. The molecule has 0 bridgehead atoms. The lowest BCUT2D eigenvalue weighted by Gasteiger charge is -2.25. The van der Waals surface area contributed by atoms with E-state index >= 15 is 0 Å². The van der Waals surface area contributed by atoms with Crippen molar-refractivity contribution in [2.75, 3.05) is 6.26 Å². The first-order valence-electron chi connectivity index (χ1n) is 5.94. The highest BCUT2D eigenvalue weighted by molar-refractivity contribution is 7.89. The number of hydrogen-bond acceptors (Lipinski definition) is 3. The summed E-state index contributed by atoms with van der Waals surface area (Å²) >= 11 is 0. The second-order valence-electron chi connectivity index (χ2n) is 4.70. The van der Waals surface area contributed by atoms with Gasteiger partial charge in [-0.2, -0.15) is 0 Å². The molecular formula is C13H18O3S. The van der Waals surface area contributed by atoms with Crippen LogP contribution in [0.3, 0.4) is 0 Å². The number of benzene rings is 1. The third-order valence-corrected chi connectivity index (χ3v) is 3.90. The lowest BCUT2D eigenvalue weighted by Crippen LogP contribution is -2.21. The van der Waals surface area contributed by atoms with Gasteiger partial charge in [0.2, 0.25) is 0 Å². The van der Waals surface area contributed by atoms with E-state index in [9.17, 15) is 8.42 Å². The van der Waals surface area contributed by atoms with E-state index < -0.39 is 9.84 Å². The van der Waals surface area contributed by atoms with Crippen LogP contribution in [0.25, 0.3) is 0 Å². The maximum Gasteiger partial charge on any atom is 0.151 e. The topological polar surface area (TPSA) is 43.4 Å². The third kappa shape index (κ3) is 3.22. The van der Waals surface area contributed by atoms with Crippen LogP contribution >= 0.6 is 0 Å². The van der Waals surface area contributed by atoms with Crippen LogP contribution in [0.2, 0.25) is 0 Å². The summed E-state index contributed by atoms with van der Waals surface area (Å²) in [5.41, 5.74) is 1.99. The molecule has 3 nitrogen and oxygen atoms in total. The molecule has 1 aromatic carbocycles. The van der Waals surface area contributed by atoms with E-state index in [2.05, 4.69) is 6.92 Å². The smallest absolute Gasteiger partial charge is 0.151 e. The molecule has 4 heteroatoms. The molecule has 1 aliphatic heterocycles. The molecule has 0 N–H and O–H groups in total. The molecule has 0 amide bonds. The number of sulfone groups is 1. The minimum absolute atomic E-state index is 0.109. The Balaban J connectivity index is 2.21. The Morgan fingerprint density at radius 1 is 1.41 bits per heavy atom. The van der Waals surface area contributed by atoms with Gasteiger partial charge in [-0.1, -0.05) is 19.1 Å². The molecular weight excluding hydrogens is 236 g/mol. The quantitative estimate of drug-likeness (QED) is 0.831. The second kappa shape index (κ2) is 4.69. The van der Waals surface area contributed by atoms with Gasteiger partial charge < -0.3 is 4.74 Å². The lowest BCUT2D eigenvalue weighted by molar-refractivity contribution is 0.169. The molecule has 0 saturated heterocycles. The number of aryl methyl sites for hydroxylation is 1. The number of hydrogen-bond donors (Lipinski definition) is 0. The molecule has 1 aromatic rings. The van der Waals surface area contributed by atoms with E-state index in [-0.39, 0.29) is 5.75 Å². The molecule has 0 aliphatic carbocycles. The van der Waals surface area contributed by atoms with E-state index in [1.165, 1.54) is 6.26 Å². The van der Waals surface area contributed by atoms with E-state index in [0.29, 0.717) is 6.10 Å². The maximum absolute atomic E-state index is 11.2. The summed E-state index contributed by atoms with van der Waals surface area (Å²) in [6, 6.07) is 5.71. The largest absolute Gasteiger partial charge is 0.490 e. The van der Waals surface area contributed by atoms with Gasteiger partial charge in [0, 0.05) is 6.26 Å². The molecule has 0 aromatic heterocycles. The van der Waals surface area contributed by atoms with Gasteiger partial charge in [0.15, 0.2) is 9.84 Å². The lowest BCUT2D eigenvalue weighted by atomic mass is 9.99. The van der Waals surface area contributed by atoms with Crippen molar-refractivity contribution >= 4 is 9.84 Å². The summed E-state index contributed by atoms with van der Waals surface area (Å²) < 4.78 is 28.3. The fourth-order valence-electron chi connectivity index (χ4n) is 2.18. The predicted molar refractivity (Wildman–Crippen MR) is 68.0 cm³/mol. The maximum atomic E-state index is 11.2. The number of fused-ring (bicyclic) bond motifs is 1. The second-order valence-corrected chi connectivity index (χ2v) is 6.84. The van der Waals surface area contributed by atoms with Crippen LogP contribution in [0.1, 0.15) is 30.9 Å². The SMILES string of the molecule is CCC1CCc2cc(CS(C)(=O)=O)ccc2O1. The minimum Gasteiger partial charge on any atom is -0.490 e.